The lowest BCUT2D eigenvalue weighted by atomic mass is 10.1. The van der Waals surface area contributed by atoms with Crippen LogP contribution in [0.3, 0.4) is 0 Å². The van der Waals surface area contributed by atoms with Gasteiger partial charge in [-0.1, -0.05) is 12.1 Å². The number of hydrogen-bond acceptors (Lipinski definition) is 3. The van der Waals surface area contributed by atoms with E-state index in [1.165, 1.54) is 6.92 Å². The van der Waals surface area contributed by atoms with Gasteiger partial charge in [0.25, 0.3) is 0 Å². The molecule has 0 saturated carbocycles. The number of benzene rings is 1. The molecule has 1 aromatic rings. The zero-order chi connectivity index (χ0) is 11.3. The Bertz CT molecular complexity index is 408. The molecule has 0 saturated heterocycles. The van der Waals surface area contributed by atoms with Crippen LogP contribution in [0.25, 0.3) is 6.08 Å². The Labute approximate surface area is 88.8 Å². The molecule has 1 N–H and O–H groups in total. The monoisotopic (exact) mass is 203 g/mol. The van der Waals surface area contributed by atoms with Crippen LogP contribution in [0.5, 0.6) is 0 Å². The van der Waals surface area contributed by atoms with E-state index in [9.17, 15) is 9.59 Å². The number of anilines is 1. The molecule has 78 valence electrons. The highest BCUT2D eigenvalue weighted by Gasteiger charge is 2.01. The van der Waals surface area contributed by atoms with Gasteiger partial charge in [0, 0.05) is 12.7 Å². The van der Waals surface area contributed by atoms with E-state index in [1.54, 1.807) is 6.08 Å². The van der Waals surface area contributed by atoms with Gasteiger partial charge >= 0.3 is 0 Å². The summed E-state index contributed by atoms with van der Waals surface area (Å²) in [5.41, 5.74) is 1.96. The van der Waals surface area contributed by atoms with Crippen molar-refractivity contribution in [3.63, 3.8) is 0 Å². The average molecular weight is 203 g/mol. The van der Waals surface area contributed by atoms with Gasteiger partial charge in [0.15, 0.2) is 12.1 Å². The fraction of sp³-hybridized carbons (Fsp3) is 0.167. The number of nitrogens with one attached hydrogen (secondary N) is 1. The third kappa shape index (κ3) is 3.06. The fourth-order valence-corrected chi connectivity index (χ4v) is 1.18. The van der Waals surface area contributed by atoms with Gasteiger partial charge in [-0.25, -0.2) is 0 Å². The first-order chi connectivity index (χ1) is 7.17. The van der Waals surface area contributed by atoms with Crippen molar-refractivity contribution in [3.05, 3.63) is 35.4 Å². The summed E-state index contributed by atoms with van der Waals surface area (Å²) in [7, 11) is 1.81. The lowest BCUT2D eigenvalue weighted by molar-refractivity contribution is -0.115. The highest BCUT2D eigenvalue weighted by atomic mass is 16.1. The Morgan fingerprint density at radius 3 is 2.67 bits per heavy atom. The van der Waals surface area contributed by atoms with Crippen LogP contribution >= 0.6 is 0 Å². The smallest absolute Gasteiger partial charge is 0.163 e. The van der Waals surface area contributed by atoms with Crippen molar-refractivity contribution in [1.29, 1.82) is 0 Å². The number of rotatable bonds is 4. The molecule has 0 fully saturated rings. The molecule has 0 aliphatic heterocycles. The van der Waals surface area contributed by atoms with Crippen molar-refractivity contribution in [2.24, 2.45) is 0 Å². The summed E-state index contributed by atoms with van der Waals surface area (Å²) < 4.78 is 0. The number of ketones is 1. The molecule has 0 aromatic heterocycles. The summed E-state index contributed by atoms with van der Waals surface area (Å²) in [6.45, 7) is 1.38. The molecule has 0 aliphatic rings. The van der Waals surface area contributed by atoms with Crippen molar-refractivity contribution < 1.29 is 9.59 Å². The van der Waals surface area contributed by atoms with Crippen molar-refractivity contribution in [2.75, 3.05) is 12.4 Å². The summed E-state index contributed by atoms with van der Waals surface area (Å²) in [5.74, 6) is -0.222. The number of aldehydes is 1. The second-order valence-electron chi connectivity index (χ2n) is 3.15. The molecule has 0 spiro atoms. The van der Waals surface area contributed by atoms with Crippen LogP contribution in [0, 0.1) is 0 Å². The van der Waals surface area contributed by atoms with Crippen molar-refractivity contribution in [1.82, 2.24) is 0 Å². The number of allylic oxidation sites excluding steroid dienone is 1. The quantitative estimate of drug-likeness (QED) is 0.352. The minimum atomic E-state index is -0.222. The van der Waals surface area contributed by atoms with E-state index >= 15 is 0 Å². The van der Waals surface area contributed by atoms with Gasteiger partial charge in [-0.2, -0.15) is 0 Å². The molecule has 0 bridgehead atoms. The SMILES string of the molecule is CNc1cccc(/C=C(\C=O)C(C)=O)c1. The number of carbonyl (C=O) groups is 2. The molecule has 3 nitrogen and oxygen atoms in total. The fourth-order valence-electron chi connectivity index (χ4n) is 1.18. The molecule has 15 heavy (non-hydrogen) atoms. The summed E-state index contributed by atoms with van der Waals surface area (Å²) >= 11 is 0. The van der Waals surface area contributed by atoms with Crippen LogP contribution in [-0.2, 0) is 9.59 Å². The second-order valence-corrected chi connectivity index (χ2v) is 3.15. The Morgan fingerprint density at radius 2 is 2.13 bits per heavy atom. The van der Waals surface area contributed by atoms with E-state index in [0.717, 1.165) is 11.3 Å². The van der Waals surface area contributed by atoms with E-state index in [-0.39, 0.29) is 11.4 Å². The van der Waals surface area contributed by atoms with Crippen LogP contribution in [0.2, 0.25) is 0 Å². The zero-order valence-corrected chi connectivity index (χ0v) is 8.78. The molecular formula is C12H13NO2. The van der Waals surface area contributed by atoms with Crippen LogP contribution in [0.4, 0.5) is 5.69 Å². The van der Waals surface area contributed by atoms with Gasteiger partial charge in [-0.05, 0) is 30.7 Å². The molecule has 0 heterocycles. The number of carbonyl (C=O) groups excluding carboxylic acids is 2. The summed E-state index contributed by atoms with van der Waals surface area (Å²) in [6, 6.07) is 7.48. The third-order valence-corrected chi connectivity index (χ3v) is 2.03. The first-order valence-electron chi connectivity index (χ1n) is 4.63. The lowest BCUT2D eigenvalue weighted by Crippen LogP contribution is -1.97. The molecule has 0 atom stereocenters. The van der Waals surface area contributed by atoms with Gasteiger partial charge in [-0.15, -0.1) is 0 Å². The predicted octanol–water partition coefficient (Wildman–Crippen LogP) is 1.90. The van der Waals surface area contributed by atoms with Crippen LogP contribution in [-0.4, -0.2) is 19.1 Å². The van der Waals surface area contributed by atoms with Gasteiger partial charge in [0.2, 0.25) is 0 Å². The molecule has 0 radical (unpaired) electrons. The minimum absolute atomic E-state index is 0.184. The lowest BCUT2D eigenvalue weighted by Gasteiger charge is -2.01. The topological polar surface area (TPSA) is 46.2 Å². The van der Waals surface area contributed by atoms with Gasteiger partial charge in [-0.3, -0.25) is 9.59 Å². The molecule has 0 aliphatic carbocycles. The summed E-state index contributed by atoms with van der Waals surface area (Å²) in [6.07, 6.45) is 2.16. The van der Waals surface area contributed by atoms with E-state index in [0.29, 0.717) is 6.29 Å². The molecule has 0 unspecified atom stereocenters. The van der Waals surface area contributed by atoms with Crippen LogP contribution in [0.1, 0.15) is 12.5 Å². The minimum Gasteiger partial charge on any atom is -0.388 e. The van der Waals surface area contributed by atoms with E-state index < -0.39 is 0 Å². The molecular weight excluding hydrogens is 190 g/mol. The summed E-state index contributed by atoms with van der Waals surface area (Å²) in [5, 5.41) is 2.99. The van der Waals surface area contributed by atoms with Crippen molar-refractivity contribution in [3.8, 4) is 0 Å². The van der Waals surface area contributed by atoms with E-state index in [2.05, 4.69) is 5.32 Å². The molecule has 0 amide bonds. The standard InChI is InChI=1S/C12H13NO2/c1-9(15)11(8-14)6-10-4-3-5-12(7-10)13-2/h3-8,13H,1-2H3/b11-6+. The van der Waals surface area contributed by atoms with Gasteiger partial charge in [0.1, 0.15) is 0 Å². The number of Topliss-reactive ketones (excluding diaryl/α,β-unsaturated/α-hetero) is 1. The highest BCUT2D eigenvalue weighted by Crippen LogP contribution is 2.12. The van der Waals surface area contributed by atoms with Gasteiger partial charge in [0.05, 0.1) is 5.57 Å². The van der Waals surface area contributed by atoms with E-state index in [4.69, 9.17) is 0 Å². The maximum absolute atomic E-state index is 11.0. The largest absolute Gasteiger partial charge is 0.388 e. The van der Waals surface area contributed by atoms with E-state index in [1.807, 2.05) is 31.3 Å². The first kappa shape index (κ1) is 11.2. The van der Waals surface area contributed by atoms with Crippen molar-refractivity contribution >= 4 is 23.8 Å². The summed E-state index contributed by atoms with van der Waals surface area (Å²) in [4.78, 5) is 21.6. The second kappa shape index (κ2) is 5.10. The van der Waals surface area contributed by atoms with Gasteiger partial charge < -0.3 is 5.32 Å². The van der Waals surface area contributed by atoms with Crippen molar-refractivity contribution in [2.45, 2.75) is 6.92 Å². The Morgan fingerprint density at radius 1 is 1.40 bits per heavy atom. The molecule has 1 rings (SSSR count). The predicted molar refractivity (Wildman–Crippen MR) is 60.7 cm³/mol. The highest BCUT2D eigenvalue weighted by molar-refractivity contribution is 6.14. The molecule has 3 heteroatoms. The third-order valence-electron chi connectivity index (χ3n) is 2.03. The first-order valence-corrected chi connectivity index (χ1v) is 4.63. The Balaban J connectivity index is 3.05. The maximum Gasteiger partial charge on any atom is 0.163 e. The average Bonchev–Trinajstić information content (AvgIpc) is 2.25. The zero-order valence-electron chi connectivity index (χ0n) is 8.78. The maximum atomic E-state index is 11.0. The van der Waals surface area contributed by atoms with Crippen LogP contribution < -0.4 is 5.32 Å². The Hall–Kier alpha value is -1.90. The molecule has 1 aromatic carbocycles. The number of hydrogen-bond donors (Lipinski definition) is 1. The van der Waals surface area contributed by atoms with Crippen LogP contribution in [0.15, 0.2) is 29.8 Å². The normalized spacial score (nSPS) is 10.9. The Kier molecular flexibility index (Phi) is 3.80.